The number of hydrogen-bond acceptors (Lipinski definition) is 4. The first-order valence-electron chi connectivity index (χ1n) is 3.77. The zero-order valence-electron chi connectivity index (χ0n) is 7.85. The van der Waals surface area contributed by atoms with Crippen LogP contribution in [0.2, 0.25) is 0 Å². The van der Waals surface area contributed by atoms with Gasteiger partial charge < -0.3 is 9.05 Å². The summed E-state index contributed by atoms with van der Waals surface area (Å²) in [5, 5.41) is 0.532. The molecule has 1 heterocycles. The molecule has 0 fully saturated rings. The van der Waals surface area contributed by atoms with Crippen molar-refractivity contribution in [3.05, 3.63) is 24.0 Å². The number of pyridine rings is 1. The molecule has 0 radical (unpaired) electrons. The molecule has 0 aliphatic carbocycles. The highest BCUT2D eigenvalue weighted by molar-refractivity contribution is 7.62. The Balaban J connectivity index is 3.13. The van der Waals surface area contributed by atoms with E-state index in [4.69, 9.17) is 9.05 Å². The Labute approximate surface area is 77.4 Å². The number of aryl methyl sites for hydroxylation is 1. The summed E-state index contributed by atoms with van der Waals surface area (Å²) in [5.41, 5.74) is 0.784. The first-order valence-corrected chi connectivity index (χ1v) is 5.31. The fourth-order valence-corrected chi connectivity index (χ4v) is 2.15. The van der Waals surface area contributed by atoms with Crippen LogP contribution >= 0.6 is 7.60 Å². The van der Waals surface area contributed by atoms with Crippen LogP contribution < -0.4 is 5.30 Å². The minimum absolute atomic E-state index is 0.532. The third-order valence-electron chi connectivity index (χ3n) is 1.68. The highest BCUT2D eigenvalue weighted by Gasteiger charge is 2.24. The first-order chi connectivity index (χ1) is 6.12. The summed E-state index contributed by atoms with van der Waals surface area (Å²) < 4.78 is 21.5. The summed E-state index contributed by atoms with van der Waals surface area (Å²) in [6.07, 6.45) is 1.58. The topological polar surface area (TPSA) is 48.4 Å². The standard InChI is InChI=1S/C8H12NO3P/c1-7-6-8(4-5-9-7)13(10,11-2)12-3/h4-6H,1-3H3. The summed E-state index contributed by atoms with van der Waals surface area (Å²) in [7, 11) is -0.378. The molecule has 0 amide bonds. The molecule has 0 aliphatic rings. The summed E-state index contributed by atoms with van der Waals surface area (Å²) in [4.78, 5) is 3.99. The summed E-state index contributed by atoms with van der Waals surface area (Å²) in [5.74, 6) is 0. The second-order valence-electron chi connectivity index (χ2n) is 2.52. The van der Waals surface area contributed by atoms with E-state index in [1.807, 2.05) is 6.92 Å². The van der Waals surface area contributed by atoms with Crippen LogP contribution in [-0.4, -0.2) is 19.2 Å². The van der Waals surface area contributed by atoms with Gasteiger partial charge in [-0.15, -0.1) is 0 Å². The fraction of sp³-hybridized carbons (Fsp3) is 0.375. The Morgan fingerprint density at radius 2 is 2.00 bits per heavy atom. The quantitative estimate of drug-likeness (QED) is 0.695. The molecule has 0 N–H and O–H groups in total. The van der Waals surface area contributed by atoms with Crippen molar-refractivity contribution < 1.29 is 13.6 Å². The van der Waals surface area contributed by atoms with Crippen LogP contribution in [0.15, 0.2) is 18.3 Å². The van der Waals surface area contributed by atoms with Gasteiger partial charge in [-0.3, -0.25) is 9.55 Å². The molecule has 0 saturated heterocycles. The van der Waals surface area contributed by atoms with Gasteiger partial charge in [-0.2, -0.15) is 0 Å². The Morgan fingerprint density at radius 1 is 1.38 bits per heavy atom. The molecule has 13 heavy (non-hydrogen) atoms. The van der Waals surface area contributed by atoms with E-state index >= 15 is 0 Å². The van der Waals surface area contributed by atoms with Gasteiger partial charge in [-0.25, -0.2) is 0 Å². The number of aromatic nitrogens is 1. The van der Waals surface area contributed by atoms with Crippen molar-refractivity contribution in [2.24, 2.45) is 0 Å². The van der Waals surface area contributed by atoms with Crippen LogP contribution in [0.4, 0.5) is 0 Å². The molecule has 1 aromatic heterocycles. The van der Waals surface area contributed by atoms with E-state index in [0.29, 0.717) is 5.30 Å². The van der Waals surface area contributed by atoms with Gasteiger partial charge in [0.05, 0.1) is 5.30 Å². The van der Waals surface area contributed by atoms with Crippen molar-refractivity contribution in [1.29, 1.82) is 0 Å². The molecule has 72 valence electrons. The predicted octanol–water partition coefficient (Wildman–Crippen LogP) is 1.50. The van der Waals surface area contributed by atoms with E-state index in [1.165, 1.54) is 14.2 Å². The molecule has 0 aliphatic heterocycles. The zero-order valence-corrected chi connectivity index (χ0v) is 8.75. The van der Waals surface area contributed by atoms with E-state index in [2.05, 4.69) is 4.98 Å². The van der Waals surface area contributed by atoms with Gasteiger partial charge in [0.2, 0.25) is 0 Å². The Kier molecular flexibility index (Phi) is 3.20. The van der Waals surface area contributed by atoms with Gasteiger partial charge >= 0.3 is 7.60 Å². The summed E-state index contributed by atoms with van der Waals surface area (Å²) in [6.45, 7) is 1.82. The molecule has 4 nitrogen and oxygen atoms in total. The van der Waals surface area contributed by atoms with Crippen LogP contribution in [0.25, 0.3) is 0 Å². The van der Waals surface area contributed by atoms with Gasteiger partial charge in [0.25, 0.3) is 0 Å². The Hall–Kier alpha value is -0.700. The van der Waals surface area contributed by atoms with Crippen molar-refractivity contribution in [1.82, 2.24) is 4.98 Å². The van der Waals surface area contributed by atoms with Gasteiger partial charge in [-0.1, -0.05) is 0 Å². The second kappa shape index (κ2) is 4.01. The lowest BCUT2D eigenvalue weighted by Crippen LogP contribution is -2.08. The van der Waals surface area contributed by atoms with Crippen molar-refractivity contribution in [2.45, 2.75) is 6.92 Å². The normalized spacial score (nSPS) is 11.6. The maximum atomic E-state index is 11.8. The van der Waals surface area contributed by atoms with Crippen LogP contribution in [0.5, 0.6) is 0 Å². The van der Waals surface area contributed by atoms with Crippen molar-refractivity contribution >= 4 is 12.9 Å². The lowest BCUT2D eigenvalue weighted by molar-refractivity contribution is 0.287. The van der Waals surface area contributed by atoms with Gasteiger partial charge in [-0.05, 0) is 19.1 Å². The lowest BCUT2D eigenvalue weighted by Gasteiger charge is -2.13. The average molecular weight is 201 g/mol. The van der Waals surface area contributed by atoms with E-state index in [-0.39, 0.29) is 0 Å². The fourth-order valence-electron chi connectivity index (χ4n) is 0.986. The third kappa shape index (κ3) is 2.15. The van der Waals surface area contributed by atoms with Crippen molar-refractivity contribution in [3.8, 4) is 0 Å². The molecule has 1 aromatic rings. The molecule has 0 aromatic carbocycles. The van der Waals surface area contributed by atoms with E-state index < -0.39 is 7.60 Å². The average Bonchev–Trinajstić information content (AvgIpc) is 2.17. The summed E-state index contributed by atoms with van der Waals surface area (Å²) in [6, 6.07) is 3.31. The van der Waals surface area contributed by atoms with Crippen molar-refractivity contribution in [2.75, 3.05) is 14.2 Å². The number of nitrogens with zero attached hydrogens (tertiary/aromatic N) is 1. The predicted molar refractivity (Wildman–Crippen MR) is 50.2 cm³/mol. The molecule has 0 atom stereocenters. The maximum absolute atomic E-state index is 11.8. The maximum Gasteiger partial charge on any atom is 0.360 e. The largest absolute Gasteiger partial charge is 0.360 e. The molecule has 0 unspecified atom stereocenters. The van der Waals surface area contributed by atoms with Crippen LogP contribution in [0.3, 0.4) is 0 Å². The van der Waals surface area contributed by atoms with Gasteiger partial charge in [0.15, 0.2) is 0 Å². The molecule has 5 heteroatoms. The first kappa shape index (κ1) is 10.4. The van der Waals surface area contributed by atoms with Crippen LogP contribution in [-0.2, 0) is 13.6 Å². The van der Waals surface area contributed by atoms with E-state index in [9.17, 15) is 4.57 Å². The van der Waals surface area contributed by atoms with Crippen molar-refractivity contribution in [3.63, 3.8) is 0 Å². The highest BCUT2D eigenvalue weighted by atomic mass is 31.2. The molecule has 1 rings (SSSR count). The monoisotopic (exact) mass is 201 g/mol. The van der Waals surface area contributed by atoms with Gasteiger partial charge in [0, 0.05) is 26.1 Å². The smallest absolute Gasteiger partial charge is 0.309 e. The molecular formula is C8H12NO3P. The zero-order chi connectivity index (χ0) is 9.90. The van der Waals surface area contributed by atoms with E-state index in [1.54, 1.807) is 18.3 Å². The van der Waals surface area contributed by atoms with Crippen LogP contribution in [0.1, 0.15) is 5.69 Å². The lowest BCUT2D eigenvalue weighted by atomic mass is 10.4. The van der Waals surface area contributed by atoms with Gasteiger partial charge in [0.1, 0.15) is 0 Å². The molecule has 0 spiro atoms. The highest BCUT2D eigenvalue weighted by Crippen LogP contribution is 2.44. The second-order valence-corrected chi connectivity index (χ2v) is 4.76. The SMILES string of the molecule is COP(=O)(OC)c1ccnc(C)c1. The third-order valence-corrected chi connectivity index (χ3v) is 3.55. The molecule has 0 saturated carbocycles. The molecule has 0 bridgehead atoms. The minimum Gasteiger partial charge on any atom is -0.309 e. The summed E-state index contributed by atoms with van der Waals surface area (Å²) >= 11 is 0. The van der Waals surface area contributed by atoms with Crippen LogP contribution in [0, 0.1) is 6.92 Å². The van der Waals surface area contributed by atoms with E-state index in [0.717, 1.165) is 5.69 Å². The molecular weight excluding hydrogens is 189 g/mol. The number of hydrogen-bond donors (Lipinski definition) is 0. The number of rotatable bonds is 3. The minimum atomic E-state index is -3.10. The Bertz CT molecular complexity index is 332. The Morgan fingerprint density at radius 3 is 2.46 bits per heavy atom.